The smallest absolute Gasteiger partial charge is 0.317 e. The molecule has 6 nitrogen and oxygen atoms in total. The number of hydrogen-bond donors (Lipinski definition) is 1. The molecule has 0 atom stereocenters. The number of nitrogens with two attached hydrogens (primary N) is 1. The molecule has 0 amide bonds. The molecule has 2 aromatic rings. The van der Waals surface area contributed by atoms with E-state index in [0.29, 0.717) is 0 Å². The summed E-state index contributed by atoms with van der Waals surface area (Å²) in [5.41, 5.74) is -0.716. The number of benzene rings is 1. The fourth-order valence-corrected chi connectivity index (χ4v) is 1.68. The second-order valence-electron chi connectivity index (χ2n) is 4.74. The van der Waals surface area contributed by atoms with Gasteiger partial charge in [-0.15, -0.1) is 0 Å². The van der Waals surface area contributed by atoms with Crippen LogP contribution in [-0.2, 0) is 0 Å². The zero-order valence-corrected chi connectivity index (χ0v) is 13.0. The number of ether oxygens (including phenoxy) is 1. The Kier molecular flexibility index (Phi) is 5.98. The van der Waals surface area contributed by atoms with Crippen molar-refractivity contribution in [3.63, 3.8) is 0 Å². The van der Waals surface area contributed by atoms with E-state index in [1.165, 1.54) is 6.92 Å². The van der Waals surface area contributed by atoms with Crippen LogP contribution in [0, 0.1) is 18.6 Å². The fraction of sp³-hybridized carbons (Fsp3) is 0.200. The van der Waals surface area contributed by atoms with Gasteiger partial charge >= 0.3 is 6.01 Å². The second kappa shape index (κ2) is 8.18. The Morgan fingerprint density at radius 1 is 1.32 bits per heavy atom. The van der Waals surface area contributed by atoms with Crippen LogP contribution in [-0.4, -0.2) is 28.5 Å². The summed E-state index contributed by atoms with van der Waals surface area (Å²) in [6.07, 6.45) is -0.542. The molecule has 0 aliphatic rings. The summed E-state index contributed by atoms with van der Waals surface area (Å²) in [4.78, 5) is 11.0. The van der Waals surface area contributed by atoms with Crippen molar-refractivity contribution in [2.24, 2.45) is 15.9 Å². The molecule has 0 aliphatic carbocycles. The molecule has 0 aliphatic heterocycles. The molecule has 10 heteroatoms. The van der Waals surface area contributed by atoms with Crippen LogP contribution in [0.25, 0.3) is 0 Å². The van der Waals surface area contributed by atoms with Crippen LogP contribution in [0.5, 0.6) is 6.01 Å². The molecule has 2 rings (SSSR count). The van der Waals surface area contributed by atoms with Crippen LogP contribution in [0.15, 0.2) is 34.5 Å². The Bertz CT molecular complexity index is 811. The van der Waals surface area contributed by atoms with Gasteiger partial charge in [-0.1, -0.05) is 0 Å². The predicted octanol–water partition coefficient (Wildman–Crippen LogP) is 3.10. The summed E-state index contributed by atoms with van der Waals surface area (Å²) in [7, 11) is 0. The van der Waals surface area contributed by atoms with Crippen molar-refractivity contribution in [3.05, 3.63) is 47.3 Å². The Balaban J connectivity index is 2.06. The van der Waals surface area contributed by atoms with E-state index in [1.54, 1.807) is 0 Å². The van der Waals surface area contributed by atoms with Crippen LogP contribution in [0.4, 0.5) is 23.2 Å². The fourth-order valence-electron chi connectivity index (χ4n) is 1.68. The van der Waals surface area contributed by atoms with Gasteiger partial charge in [-0.3, -0.25) is 4.99 Å². The van der Waals surface area contributed by atoms with E-state index in [0.717, 1.165) is 30.6 Å². The quantitative estimate of drug-likeness (QED) is 0.373. The van der Waals surface area contributed by atoms with Gasteiger partial charge in [0.25, 0.3) is 6.43 Å². The van der Waals surface area contributed by atoms with Crippen LogP contribution < -0.4 is 10.6 Å². The van der Waals surface area contributed by atoms with Gasteiger partial charge in [0.05, 0.1) is 11.9 Å². The average molecular weight is 355 g/mol. The van der Waals surface area contributed by atoms with Crippen molar-refractivity contribution in [1.82, 2.24) is 9.97 Å². The zero-order valence-electron chi connectivity index (χ0n) is 13.0. The van der Waals surface area contributed by atoms with Crippen LogP contribution >= 0.6 is 0 Å². The first-order valence-corrected chi connectivity index (χ1v) is 6.91. The second-order valence-corrected chi connectivity index (χ2v) is 4.74. The first-order valence-electron chi connectivity index (χ1n) is 6.91. The highest BCUT2D eigenvalue weighted by Gasteiger charge is 2.11. The monoisotopic (exact) mass is 355 g/mol. The summed E-state index contributed by atoms with van der Waals surface area (Å²) in [5, 5.41) is 3.39. The summed E-state index contributed by atoms with van der Waals surface area (Å²) in [6, 6.07) is 2.98. The van der Waals surface area contributed by atoms with Crippen molar-refractivity contribution in [2.75, 3.05) is 6.61 Å². The normalized spacial score (nSPS) is 12.2. The molecule has 0 saturated heterocycles. The van der Waals surface area contributed by atoms with Gasteiger partial charge < -0.3 is 10.6 Å². The molecular weight excluding hydrogens is 342 g/mol. The summed E-state index contributed by atoms with van der Waals surface area (Å²) in [6.45, 7) is 0.993. The molecule has 1 aromatic heterocycles. The molecule has 0 saturated carbocycles. The molecule has 0 fully saturated rings. The lowest BCUT2D eigenvalue weighted by Crippen LogP contribution is -2.16. The van der Waals surface area contributed by atoms with Gasteiger partial charge in [0.15, 0.2) is 5.82 Å². The Morgan fingerprint density at radius 2 is 2.08 bits per heavy atom. The Morgan fingerprint density at radius 3 is 2.76 bits per heavy atom. The van der Waals surface area contributed by atoms with E-state index in [9.17, 15) is 17.6 Å². The molecule has 1 aromatic carbocycles. The minimum atomic E-state index is -2.76. The molecule has 0 unspecified atom stereocenters. The maximum Gasteiger partial charge on any atom is 0.317 e. The lowest BCUT2D eigenvalue weighted by molar-refractivity contribution is 0.144. The number of hydrogen-bond acceptors (Lipinski definition) is 6. The van der Waals surface area contributed by atoms with Crippen molar-refractivity contribution in [1.29, 1.82) is 0 Å². The highest BCUT2D eigenvalue weighted by atomic mass is 19.3. The maximum absolute atomic E-state index is 13.8. The van der Waals surface area contributed by atoms with Gasteiger partial charge in [0.2, 0.25) is 0 Å². The van der Waals surface area contributed by atoms with Gasteiger partial charge in [-0.2, -0.15) is 10.1 Å². The third-order valence-corrected chi connectivity index (χ3v) is 3.05. The van der Waals surface area contributed by atoms with Gasteiger partial charge in [-0.05, 0) is 25.1 Å². The largest absolute Gasteiger partial charge is 0.457 e. The van der Waals surface area contributed by atoms with Crippen LogP contribution in [0.1, 0.15) is 17.7 Å². The Labute approximate surface area is 140 Å². The lowest BCUT2D eigenvalue weighted by atomic mass is 10.2. The minimum Gasteiger partial charge on any atom is -0.457 e. The first kappa shape index (κ1) is 18.3. The summed E-state index contributed by atoms with van der Waals surface area (Å²) < 4.78 is 57.2. The number of aliphatic imine (C=N–C) groups is 1. The zero-order chi connectivity index (χ0) is 18.4. The van der Waals surface area contributed by atoms with Gasteiger partial charge in [0, 0.05) is 11.8 Å². The number of hydrazone groups is 1. The molecule has 132 valence electrons. The van der Waals surface area contributed by atoms with Crippen LogP contribution in [0.2, 0.25) is 0 Å². The van der Waals surface area contributed by atoms with Crippen molar-refractivity contribution in [2.45, 2.75) is 13.3 Å². The molecule has 25 heavy (non-hydrogen) atoms. The van der Waals surface area contributed by atoms with E-state index in [4.69, 9.17) is 10.6 Å². The standard InChI is InChI=1S/C15H13F4N5O/c1-8-10(16)2-3-11(13(8)17)22-6-9(24-20)7-25-15-21-5-4-12(23-15)14(18)19/h2-6,14H,7,20H2,1H3. The molecule has 0 spiro atoms. The van der Waals surface area contributed by atoms with Gasteiger partial charge in [0.1, 0.15) is 23.8 Å². The molecule has 0 radical (unpaired) electrons. The Hall–Kier alpha value is -3.04. The third-order valence-electron chi connectivity index (χ3n) is 3.05. The van der Waals surface area contributed by atoms with Crippen molar-refractivity contribution < 1.29 is 22.3 Å². The topological polar surface area (TPSA) is 85.8 Å². The van der Waals surface area contributed by atoms with Crippen molar-refractivity contribution in [3.8, 4) is 6.01 Å². The van der Waals surface area contributed by atoms with E-state index in [1.807, 2.05) is 0 Å². The number of aromatic nitrogens is 2. The van der Waals surface area contributed by atoms with E-state index in [2.05, 4.69) is 20.1 Å². The predicted molar refractivity (Wildman–Crippen MR) is 83.4 cm³/mol. The average Bonchev–Trinajstić information content (AvgIpc) is 2.61. The SMILES string of the molecule is Cc1c(F)ccc(N=CC(COc2nccc(C(F)F)n2)=NN)c1F. The molecule has 0 bridgehead atoms. The molecule has 2 N–H and O–H groups in total. The van der Waals surface area contributed by atoms with E-state index < -0.39 is 23.8 Å². The number of halogens is 4. The lowest BCUT2D eigenvalue weighted by Gasteiger charge is -2.05. The number of rotatable bonds is 6. The van der Waals surface area contributed by atoms with Crippen LogP contribution in [0.3, 0.4) is 0 Å². The minimum absolute atomic E-state index is 0.0624. The maximum atomic E-state index is 13.8. The molecular formula is C15H13F4N5O. The van der Waals surface area contributed by atoms with Gasteiger partial charge in [-0.25, -0.2) is 22.5 Å². The third kappa shape index (κ3) is 4.72. The number of nitrogens with zero attached hydrogens (tertiary/aromatic N) is 4. The first-order chi connectivity index (χ1) is 11.9. The highest BCUT2D eigenvalue weighted by molar-refractivity contribution is 6.31. The summed E-state index contributed by atoms with van der Waals surface area (Å²) >= 11 is 0. The molecule has 1 heterocycles. The summed E-state index contributed by atoms with van der Waals surface area (Å²) in [5.74, 6) is 3.66. The van der Waals surface area contributed by atoms with E-state index >= 15 is 0 Å². The number of alkyl halides is 2. The highest BCUT2D eigenvalue weighted by Crippen LogP contribution is 2.22. The van der Waals surface area contributed by atoms with Crippen molar-refractivity contribution >= 4 is 17.6 Å². The van der Waals surface area contributed by atoms with E-state index in [-0.39, 0.29) is 29.6 Å².